The first-order valence-electron chi connectivity index (χ1n) is 9.53. The normalized spacial score (nSPS) is 23.5. The maximum Gasteiger partial charge on any atom is 0.304 e. The lowest BCUT2D eigenvalue weighted by molar-refractivity contribution is -0.193. The van der Waals surface area contributed by atoms with Crippen LogP contribution in [-0.2, 0) is 18.8 Å². The summed E-state index contributed by atoms with van der Waals surface area (Å²) in [6.07, 6.45) is -0.783. The highest BCUT2D eigenvalue weighted by Gasteiger charge is 2.61. The number of β-lactam (4-membered cyclic amide) rings is 1. The standard InChI is InChI=1S/C19H39NO4Si2/c1-13(24-26(11,12)19(6,7)8)15-16(22)20(17(15)23-14(2)21)25(9,10)18(3,4)5/h13,15,17H,1-12H3/t13-,15+,17-/m1/s1. The third kappa shape index (κ3) is 4.25. The smallest absolute Gasteiger partial charge is 0.304 e. The van der Waals surface area contributed by atoms with Crippen LogP contribution >= 0.6 is 0 Å². The number of carbonyl (C=O) groups excluding carboxylic acids is 2. The molecule has 0 radical (unpaired) electrons. The number of ether oxygens (including phenoxy) is 1. The van der Waals surface area contributed by atoms with Crippen molar-refractivity contribution < 1.29 is 18.8 Å². The molecular weight excluding hydrogens is 362 g/mol. The zero-order valence-corrected chi connectivity index (χ0v) is 20.8. The molecule has 1 aliphatic heterocycles. The second kappa shape index (κ2) is 7.06. The molecule has 0 aromatic carbocycles. The summed E-state index contributed by atoms with van der Waals surface area (Å²) in [6.45, 7) is 25.0. The summed E-state index contributed by atoms with van der Waals surface area (Å²) in [5.74, 6) is -0.702. The van der Waals surface area contributed by atoms with E-state index in [1.54, 1.807) is 0 Å². The van der Waals surface area contributed by atoms with Gasteiger partial charge in [0.2, 0.25) is 5.91 Å². The van der Waals surface area contributed by atoms with Crippen molar-refractivity contribution in [3.63, 3.8) is 0 Å². The highest BCUT2D eigenvalue weighted by atomic mass is 28.4. The van der Waals surface area contributed by atoms with Gasteiger partial charge in [0.15, 0.2) is 22.8 Å². The Labute approximate surface area is 162 Å². The maximum absolute atomic E-state index is 13.1. The van der Waals surface area contributed by atoms with Gasteiger partial charge in [-0.1, -0.05) is 54.6 Å². The molecular formula is C19H39NO4Si2. The summed E-state index contributed by atoms with van der Waals surface area (Å²) in [4.78, 5) is 24.8. The van der Waals surface area contributed by atoms with E-state index < -0.39 is 28.7 Å². The van der Waals surface area contributed by atoms with Crippen LogP contribution in [0.2, 0.25) is 36.3 Å². The first-order chi connectivity index (χ1) is 11.3. The van der Waals surface area contributed by atoms with Crippen LogP contribution in [0.25, 0.3) is 0 Å². The van der Waals surface area contributed by atoms with Crippen LogP contribution < -0.4 is 0 Å². The van der Waals surface area contributed by atoms with E-state index >= 15 is 0 Å². The molecule has 0 aromatic heterocycles. The van der Waals surface area contributed by atoms with E-state index in [2.05, 4.69) is 67.7 Å². The highest BCUT2D eigenvalue weighted by Crippen LogP contribution is 2.47. The molecule has 0 unspecified atom stereocenters. The second-order valence-corrected chi connectivity index (χ2v) is 20.5. The topological polar surface area (TPSA) is 55.8 Å². The Kier molecular flexibility index (Phi) is 6.34. The molecule has 1 fully saturated rings. The van der Waals surface area contributed by atoms with E-state index in [1.807, 2.05) is 11.5 Å². The Morgan fingerprint density at radius 1 is 1.04 bits per heavy atom. The fraction of sp³-hybridized carbons (Fsp3) is 0.895. The van der Waals surface area contributed by atoms with Crippen molar-refractivity contribution in [2.24, 2.45) is 5.92 Å². The van der Waals surface area contributed by atoms with E-state index in [4.69, 9.17) is 9.16 Å². The van der Waals surface area contributed by atoms with Crippen LogP contribution in [0.4, 0.5) is 0 Å². The van der Waals surface area contributed by atoms with Crippen LogP contribution in [0.15, 0.2) is 0 Å². The molecule has 0 saturated carbocycles. The Morgan fingerprint density at radius 3 is 1.85 bits per heavy atom. The number of nitrogens with zero attached hydrogens (tertiary/aromatic N) is 1. The molecule has 1 aliphatic rings. The quantitative estimate of drug-likeness (QED) is 0.379. The van der Waals surface area contributed by atoms with Gasteiger partial charge in [-0.2, -0.15) is 0 Å². The monoisotopic (exact) mass is 401 g/mol. The number of carbonyl (C=O) groups is 2. The van der Waals surface area contributed by atoms with Crippen LogP contribution in [0.3, 0.4) is 0 Å². The number of esters is 1. The zero-order valence-electron chi connectivity index (χ0n) is 18.8. The molecule has 0 aromatic rings. The lowest BCUT2D eigenvalue weighted by atomic mass is 9.93. The van der Waals surface area contributed by atoms with Gasteiger partial charge in [0.25, 0.3) is 0 Å². The summed E-state index contributed by atoms with van der Waals surface area (Å²) >= 11 is 0. The molecule has 1 amide bonds. The predicted octanol–water partition coefficient (Wildman–Crippen LogP) is 4.75. The summed E-state index contributed by atoms with van der Waals surface area (Å²) in [6, 6.07) is 0. The Morgan fingerprint density at radius 2 is 1.50 bits per heavy atom. The van der Waals surface area contributed by atoms with E-state index in [0.29, 0.717) is 0 Å². The van der Waals surface area contributed by atoms with Crippen molar-refractivity contribution in [1.29, 1.82) is 0 Å². The van der Waals surface area contributed by atoms with Gasteiger partial charge >= 0.3 is 5.97 Å². The molecule has 3 atom stereocenters. The predicted molar refractivity (Wildman–Crippen MR) is 111 cm³/mol. The fourth-order valence-electron chi connectivity index (χ4n) is 2.88. The van der Waals surface area contributed by atoms with Gasteiger partial charge in [0, 0.05) is 6.92 Å². The van der Waals surface area contributed by atoms with Gasteiger partial charge in [0.05, 0.1) is 6.10 Å². The number of hydrogen-bond donors (Lipinski definition) is 0. The largest absolute Gasteiger partial charge is 0.441 e. The average Bonchev–Trinajstić information content (AvgIpc) is 2.33. The summed E-state index contributed by atoms with van der Waals surface area (Å²) in [5.41, 5.74) is 0. The molecule has 0 bridgehead atoms. The molecule has 26 heavy (non-hydrogen) atoms. The molecule has 0 spiro atoms. The first kappa shape index (κ1) is 23.4. The van der Waals surface area contributed by atoms with E-state index in [9.17, 15) is 9.59 Å². The first-order valence-corrected chi connectivity index (χ1v) is 15.4. The lowest BCUT2D eigenvalue weighted by Gasteiger charge is -2.58. The molecule has 7 heteroatoms. The lowest BCUT2D eigenvalue weighted by Crippen LogP contribution is -2.75. The van der Waals surface area contributed by atoms with Crippen LogP contribution in [0, 0.1) is 5.92 Å². The van der Waals surface area contributed by atoms with Gasteiger partial charge in [-0.05, 0) is 30.1 Å². The summed E-state index contributed by atoms with van der Waals surface area (Å²) in [5, 5.41) is 0.0413. The van der Waals surface area contributed by atoms with Crippen LogP contribution in [0.5, 0.6) is 0 Å². The van der Waals surface area contributed by atoms with E-state index in [0.717, 1.165) is 0 Å². The van der Waals surface area contributed by atoms with E-state index in [1.165, 1.54) is 6.92 Å². The van der Waals surface area contributed by atoms with Gasteiger partial charge in [-0.25, -0.2) is 0 Å². The third-order valence-electron chi connectivity index (χ3n) is 6.60. The van der Waals surface area contributed by atoms with Crippen molar-refractivity contribution in [3.8, 4) is 0 Å². The minimum absolute atomic E-state index is 0.0183. The van der Waals surface area contributed by atoms with Gasteiger partial charge in [0.1, 0.15) is 5.92 Å². The van der Waals surface area contributed by atoms with Crippen molar-refractivity contribution in [2.75, 3.05) is 0 Å². The minimum atomic E-state index is -2.14. The van der Waals surface area contributed by atoms with Crippen molar-refractivity contribution >= 4 is 28.4 Å². The van der Waals surface area contributed by atoms with Crippen molar-refractivity contribution in [3.05, 3.63) is 0 Å². The molecule has 152 valence electrons. The molecule has 0 N–H and O–H groups in total. The van der Waals surface area contributed by atoms with Crippen molar-refractivity contribution in [2.45, 2.75) is 104 Å². The fourth-order valence-corrected chi connectivity index (χ4v) is 6.59. The Balaban J connectivity index is 3.13. The molecule has 1 saturated heterocycles. The number of amides is 1. The Bertz CT molecular complexity index is 561. The second-order valence-electron chi connectivity index (χ2n) is 10.6. The van der Waals surface area contributed by atoms with Gasteiger partial charge in [-0.3, -0.25) is 9.59 Å². The maximum atomic E-state index is 13.1. The Hall–Kier alpha value is -0.666. The number of rotatable bonds is 5. The molecule has 1 rings (SSSR count). The van der Waals surface area contributed by atoms with Crippen LogP contribution in [0.1, 0.15) is 55.4 Å². The summed E-state index contributed by atoms with van der Waals surface area (Å²) in [7, 11) is -4.15. The number of hydrogen-bond acceptors (Lipinski definition) is 4. The average molecular weight is 402 g/mol. The van der Waals surface area contributed by atoms with Gasteiger partial charge in [-0.15, -0.1) is 0 Å². The third-order valence-corrected chi connectivity index (χ3v) is 16.5. The van der Waals surface area contributed by atoms with Gasteiger partial charge < -0.3 is 13.7 Å². The molecule has 5 nitrogen and oxygen atoms in total. The molecule has 0 aliphatic carbocycles. The highest BCUT2D eigenvalue weighted by molar-refractivity contribution is 6.80. The SMILES string of the molecule is CC(=O)O[C@@H]1[C@@H]([C@@H](C)O[Si](C)(C)C(C)(C)C)C(=O)N1[Si](C)(C)C(C)(C)C. The minimum Gasteiger partial charge on any atom is -0.441 e. The zero-order chi connectivity index (χ0) is 20.9. The van der Waals surface area contributed by atoms with Crippen molar-refractivity contribution in [1.82, 2.24) is 4.57 Å². The summed E-state index contributed by atoms with van der Waals surface area (Å²) < 4.78 is 13.9. The van der Waals surface area contributed by atoms with Crippen LogP contribution in [-0.4, -0.2) is 45.3 Å². The van der Waals surface area contributed by atoms with E-state index in [-0.39, 0.29) is 28.1 Å². The molecule has 1 heterocycles.